The highest BCUT2D eigenvalue weighted by atomic mass is 16.6. The van der Waals surface area contributed by atoms with Gasteiger partial charge >= 0.3 is 23.9 Å². The third-order valence-corrected chi connectivity index (χ3v) is 10.7. The molecule has 0 aromatic carbocycles. The lowest BCUT2D eigenvalue weighted by molar-refractivity contribution is -0.224. The van der Waals surface area contributed by atoms with Gasteiger partial charge in [-0.15, -0.1) is 0 Å². The van der Waals surface area contributed by atoms with Gasteiger partial charge in [-0.2, -0.15) is 0 Å². The lowest BCUT2D eigenvalue weighted by Crippen LogP contribution is -2.69. The summed E-state index contributed by atoms with van der Waals surface area (Å²) in [5, 5.41) is 34.1. The number of fused-ring (bicyclic) bond motifs is 2. The van der Waals surface area contributed by atoms with Gasteiger partial charge in [0.1, 0.15) is 24.4 Å². The molecule has 4 aliphatic rings. The molecule has 0 unspecified atom stereocenters. The van der Waals surface area contributed by atoms with Gasteiger partial charge in [0.2, 0.25) is 0 Å². The molecule has 2 aliphatic carbocycles. The molecule has 3 heterocycles. The highest BCUT2D eigenvalue weighted by Gasteiger charge is 2.75. The van der Waals surface area contributed by atoms with E-state index in [9.17, 15) is 44.1 Å². The third kappa shape index (κ3) is 4.97. The molecular weight excluding hydrogens is 608 g/mol. The zero-order chi connectivity index (χ0) is 33.9. The van der Waals surface area contributed by atoms with Crippen molar-refractivity contribution in [3.63, 3.8) is 0 Å². The Balaban J connectivity index is 1.78. The van der Waals surface area contributed by atoms with Crippen LogP contribution in [0, 0.1) is 29.1 Å². The van der Waals surface area contributed by atoms with Crippen LogP contribution in [0.15, 0.2) is 35.2 Å². The molecule has 0 bridgehead atoms. The molecular formula is C32H38O14. The molecule has 250 valence electrons. The van der Waals surface area contributed by atoms with Crippen LogP contribution in [0.1, 0.15) is 58.4 Å². The number of furan rings is 1. The van der Waals surface area contributed by atoms with Gasteiger partial charge in [-0.25, -0.2) is 0 Å². The van der Waals surface area contributed by atoms with Gasteiger partial charge in [0, 0.05) is 42.4 Å². The summed E-state index contributed by atoms with van der Waals surface area (Å²) >= 11 is 0. The summed E-state index contributed by atoms with van der Waals surface area (Å²) in [5.74, 6) is -10.8. The smallest absolute Gasteiger partial charge is 0.310 e. The minimum atomic E-state index is -2.47. The van der Waals surface area contributed by atoms with Crippen LogP contribution < -0.4 is 0 Å². The topological polar surface area (TPSA) is 213 Å². The molecule has 14 heteroatoms. The number of hydrogen-bond acceptors (Lipinski definition) is 13. The summed E-state index contributed by atoms with van der Waals surface area (Å²) in [4.78, 5) is 77.4. The molecule has 4 fully saturated rings. The van der Waals surface area contributed by atoms with E-state index < -0.39 is 107 Å². The molecule has 1 aromatic heterocycles. The Bertz CT molecular complexity index is 1450. The molecule has 5 rings (SSSR count). The lowest BCUT2D eigenvalue weighted by Gasteiger charge is -2.59. The first-order valence-corrected chi connectivity index (χ1v) is 15.0. The van der Waals surface area contributed by atoms with Crippen LogP contribution in [0.5, 0.6) is 0 Å². The molecule has 0 radical (unpaired) electrons. The molecule has 3 N–H and O–H groups in total. The molecule has 2 aliphatic heterocycles. The number of hydrogen-bond donors (Lipinski definition) is 3. The van der Waals surface area contributed by atoms with Crippen molar-refractivity contribution >= 4 is 35.9 Å². The van der Waals surface area contributed by atoms with Crippen molar-refractivity contribution in [1.29, 1.82) is 0 Å². The van der Waals surface area contributed by atoms with Crippen LogP contribution in [0.25, 0.3) is 0 Å². The Hall–Kier alpha value is -3.88. The first-order valence-electron chi connectivity index (χ1n) is 15.0. The number of aliphatic hydroxyl groups excluding tert-OH is 1. The van der Waals surface area contributed by atoms with Gasteiger partial charge in [-0.1, -0.05) is 13.5 Å². The number of esters is 3. The highest BCUT2D eigenvalue weighted by molar-refractivity contribution is 5.96. The molecule has 2 saturated heterocycles. The van der Waals surface area contributed by atoms with Crippen molar-refractivity contribution < 1.29 is 67.5 Å². The minimum Gasteiger partial charge on any atom is -0.481 e. The fourth-order valence-electron chi connectivity index (χ4n) is 8.50. The van der Waals surface area contributed by atoms with E-state index in [0.29, 0.717) is 5.56 Å². The number of carbonyl (C=O) groups is 6. The number of Topliss-reactive ketones (excluding diaryl/α,β-unsaturated/α-hetero) is 1. The van der Waals surface area contributed by atoms with E-state index in [4.69, 9.17) is 23.4 Å². The van der Waals surface area contributed by atoms with Crippen LogP contribution in [-0.2, 0) is 47.7 Å². The van der Waals surface area contributed by atoms with Gasteiger partial charge in [0.25, 0.3) is 0 Å². The molecule has 2 saturated carbocycles. The molecule has 0 spiro atoms. The number of aldehydes is 1. The predicted octanol–water partition coefficient (Wildman–Crippen LogP) is 1.11. The van der Waals surface area contributed by atoms with Crippen molar-refractivity contribution in [2.45, 2.75) is 88.5 Å². The molecule has 0 amide bonds. The van der Waals surface area contributed by atoms with Crippen molar-refractivity contribution in [1.82, 2.24) is 0 Å². The Morgan fingerprint density at radius 1 is 1.15 bits per heavy atom. The fraction of sp³-hybridized carbons (Fsp3) is 0.625. The van der Waals surface area contributed by atoms with E-state index in [2.05, 4.69) is 6.58 Å². The second-order valence-corrected chi connectivity index (χ2v) is 13.2. The number of ether oxygens (including phenoxy) is 4. The second-order valence-electron chi connectivity index (χ2n) is 13.2. The lowest BCUT2D eigenvalue weighted by atomic mass is 9.48. The summed E-state index contributed by atoms with van der Waals surface area (Å²) < 4.78 is 28.1. The fourth-order valence-corrected chi connectivity index (χ4v) is 8.50. The first-order chi connectivity index (χ1) is 21.5. The molecule has 46 heavy (non-hydrogen) atoms. The maximum atomic E-state index is 14.1. The summed E-state index contributed by atoms with van der Waals surface area (Å²) in [6, 6.07) is 1.57. The second kappa shape index (κ2) is 11.7. The van der Waals surface area contributed by atoms with Crippen LogP contribution in [0.2, 0.25) is 0 Å². The van der Waals surface area contributed by atoms with Gasteiger partial charge in [0.05, 0.1) is 43.5 Å². The van der Waals surface area contributed by atoms with E-state index in [-0.39, 0.29) is 31.3 Å². The Labute approximate surface area is 264 Å². The quantitative estimate of drug-likeness (QED) is 0.156. The van der Waals surface area contributed by atoms with Crippen molar-refractivity contribution in [3.05, 3.63) is 36.3 Å². The molecule has 1 aromatic rings. The normalized spacial score (nSPS) is 40.4. The largest absolute Gasteiger partial charge is 0.481 e. The van der Waals surface area contributed by atoms with E-state index in [1.165, 1.54) is 33.3 Å². The Kier molecular flexibility index (Phi) is 8.54. The predicted molar refractivity (Wildman–Crippen MR) is 152 cm³/mol. The highest BCUT2D eigenvalue weighted by Crippen LogP contribution is 2.67. The number of aliphatic carboxylic acids is 1. The third-order valence-electron chi connectivity index (χ3n) is 10.7. The number of ketones is 1. The average Bonchev–Trinajstić information content (AvgIpc) is 3.55. The molecule has 12 atom stereocenters. The summed E-state index contributed by atoms with van der Waals surface area (Å²) in [6.45, 7) is 9.20. The van der Waals surface area contributed by atoms with Crippen molar-refractivity contribution in [2.75, 3.05) is 6.61 Å². The summed E-state index contributed by atoms with van der Waals surface area (Å²) in [6.07, 6.45) is -4.23. The van der Waals surface area contributed by atoms with Gasteiger partial charge in [-0.05, 0) is 31.1 Å². The number of carboxylic acid groups (broad SMARTS) is 1. The van der Waals surface area contributed by atoms with Crippen molar-refractivity contribution in [3.8, 4) is 0 Å². The zero-order valence-corrected chi connectivity index (χ0v) is 25.9. The number of carboxylic acids is 1. The number of aliphatic hydroxyl groups is 2. The molecule has 14 nitrogen and oxygen atoms in total. The zero-order valence-electron chi connectivity index (χ0n) is 25.9. The average molecular weight is 647 g/mol. The van der Waals surface area contributed by atoms with Gasteiger partial charge in [-0.3, -0.25) is 24.0 Å². The standard InChI is InChI=1S/C32H38O14/c1-14-25(26-19-9-23(37)43-13-30(19,4)46-24(38)10-21(26)45-16(3)34)27(29(39)40)28(44-15(2)20(35)11-33)31(5)18(17-6-7-42-12-17)8-22(36)32(14,31)41/h6-7,11-12,15,18-21,25-28,35,41H,1,8-10,13H2,2-5H3,(H,39,40)/t15-,18+,19-,20+,21+,25+,26-,27-,28+,30-,31-,32-/m1/s1. The van der Waals surface area contributed by atoms with E-state index in [1.54, 1.807) is 6.07 Å². The SMILES string of the molecule is C=C1[C@@H]([C@H]2[C@@H](OC(C)=O)CC(=O)O[C@]3(C)COC(=O)C[C@H]23)[C@@H](C(=O)O)[C@H](O[C@H](C)[C@@H](O)C=O)[C@@]2(C)[C@H](c3ccoc3)CC(=O)[C@]12O. The van der Waals surface area contributed by atoms with Crippen LogP contribution in [0.3, 0.4) is 0 Å². The van der Waals surface area contributed by atoms with Gasteiger partial charge < -0.3 is 43.5 Å². The Morgan fingerprint density at radius 2 is 1.85 bits per heavy atom. The maximum Gasteiger partial charge on any atom is 0.310 e. The van der Waals surface area contributed by atoms with Gasteiger partial charge in [0.15, 0.2) is 17.7 Å². The number of cyclic esters (lactones) is 1. The van der Waals surface area contributed by atoms with E-state index in [0.717, 1.165) is 6.92 Å². The Morgan fingerprint density at radius 3 is 2.43 bits per heavy atom. The van der Waals surface area contributed by atoms with Crippen LogP contribution in [-0.4, -0.2) is 93.5 Å². The van der Waals surface area contributed by atoms with E-state index >= 15 is 0 Å². The number of rotatable bonds is 8. The van der Waals surface area contributed by atoms with Crippen LogP contribution >= 0.6 is 0 Å². The maximum absolute atomic E-state index is 14.1. The van der Waals surface area contributed by atoms with Crippen LogP contribution in [0.4, 0.5) is 0 Å². The first kappa shape index (κ1) is 33.5. The number of carbonyl (C=O) groups excluding carboxylic acids is 5. The van der Waals surface area contributed by atoms with E-state index in [1.807, 2.05) is 0 Å². The monoisotopic (exact) mass is 646 g/mol. The minimum absolute atomic E-state index is 0.214. The van der Waals surface area contributed by atoms with Crippen molar-refractivity contribution in [2.24, 2.45) is 29.1 Å². The summed E-state index contributed by atoms with van der Waals surface area (Å²) in [5.41, 5.74) is -5.49. The summed E-state index contributed by atoms with van der Waals surface area (Å²) in [7, 11) is 0.